The molecule has 0 spiro atoms. The number of hydrogen-bond acceptors (Lipinski definition) is 5. The number of aromatic nitrogens is 1. The highest BCUT2D eigenvalue weighted by Gasteiger charge is 2.21. The van der Waals surface area contributed by atoms with Gasteiger partial charge in [-0.1, -0.05) is 39.0 Å². The first kappa shape index (κ1) is 20.5. The third-order valence-electron chi connectivity index (χ3n) is 4.43. The largest absolute Gasteiger partial charge is 0.279 e. The Hall–Kier alpha value is -3.26. The molecule has 0 saturated carbocycles. The van der Waals surface area contributed by atoms with Gasteiger partial charge in [-0.05, 0) is 41.3 Å². The highest BCUT2D eigenvalue weighted by Crippen LogP contribution is 2.33. The van der Waals surface area contributed by atoms with E-state index in [4.69, 9.17) is 0 Å². The standard InChI is InChI=1S/C21H21N3O4S/c1-21(2,3)15-7-12-18(19-6-4-5-13-22-19)20(14-15)23-29(27,28)17-10-8-16(9-11-17)24(25)26/h4-14,23H,1-3H3. The van der Waals surface area contributed by atoms with Gasteiger partial charge in [0.15, 0.2) is 0 Å². The Kier molecular flexibility index (Phi) is 5.39. The number of hydrogen-bond donors (Lipinski definition) is 1. The van der Waals surface area contributed by atoms with E-state index in [9.17, 15) is 18.5 Å². The molecular weight excluding hydrogens is 390 g/mol. The predicted octanol–water partition coefficient (Wildman–Crippen LogP) is 4.76. The highest BCUT2D eigenvalue weighted by atomic mass is 32.2. The molecular formula is C21H21N3O4S. The molecule has 0 aliphatic carbocycles. The Morgan fingerprint density at radius 1 is 1.00 bits per heavy atom. The van der Waals surface area contributed by atoms with E-state index in [1.165, 1.54) is 24.3 Å². The number of anilines is 1. The molecule has 1 heterocycles. The zero-order chi connectivity index (χ0) is 21.2. The fourth-order valence-electron chi connectivity index (χ4n) is 2.79. The van der Waals surface area contributed by atoms with E-state index >= 15 is 0 Å². The second-order valence-corrected chi connectivity index (χ2v) is 9.26. The number of nitro groups is 1. The van der Waals surface area contributed by atoms with Crippen LogP contribution in [0.1, 0.15) is 26.3 Å². The number of nitrogens with one attached hydrogen (secondary N) is 1. The van der Waals surface area contributed by atoms with Crippen molar-refractivity contribution in [3.8, 4) is 11.3 Å². The van der Waals surface area contributed by atoms with E-state index in [1.807, 2.05) is 39.0 Å². The maximum Gasteiger partial charge on any atom is 0.269 e. The van der Waals surface area contributed by atoms with Crippen LogP contribution in [0.3, 0.4) is 0 Å². The molecule has 3 rings (SSSR count). The minimum atomic E-state index is -3.95. The van der Waals surface area contributed by atoms with Crippen LogP contribution < -0.4 is 4.72 Å². The fourth-order valence-corrected chi connectivity index (χ4v) is 3.86. The van der Waals surface area contributed by atoms with Gasteiger partial charge < -0.3 is 0 Å². The van der Waals surface area contributed by atoms with E-state index < -0.39 is 14.9 Å². The first-order valence-corrected chi connectivity index (χ1v) is 10.4. The summed E-state index contributed by atoms with van der Waals surface area (Å²) in [4.78, 5) is 14.5. The van der Waals surface area contributed by atoms with Gasteiger partial charge in [-0.2, -0.15) is 0 Å². The van der Waals surface area contributed by atoms with Gasteiger partial charge in [0.2, 0.25) is 0 Å². The Bertz CT molecular complexity index is 1140. The topological polar surface area (TPSA) is 102 Å². The SMILES string of the molecule is CC(C)(C)c1ccc(-c2ccccn2)c(NS(=O)(=O)c2ccc([N+](=O)[O-])cc2)c1. The van der Waals surface area contributed by atoms with Crippen molar-refractivity contribution in [1.29, 1.82) is 0 Å². The third kappa shape index (κ3) is 4.60. The summed E-state index contributed by atoms with van der Waals surface area (Å²) in [6, 6.07) is 15.8. The molecule has 0 amide bonds. The van der Waals surface area contributed by atoms with Crippen molar-refractivity contribution in [2.75, 3.05) is 4.72 Å². The molecule has 3 aromatic rings. The van der Waals surface area contributed by atoms with Gasteiger partial charge in [0, 0.05) is 23.9 Å². The number of rotatable bonds is 5. The van der Waals surface area contributed by atoms with Crippen molar-refractivity contribution in [1.82, 2.24) is 4.98 Å². The number of sulfonamides is 1. The average molecular weight is 411 g/mol. The van der Waals surface area contributed by atoms with E-state index in [0.29, 0.717) is 16.9 Å². The lowest BCUT2D eigenvalue weighted by Crippen LogP contribution is -2.16. The van der Waals surface area contributed by atoms with Crippen LogP contribution in [-0.4, -0.2) is 18.3 Å². The molecule has 0 aliphatic rings. The minimum Gasteiger partial charge on any atom is -0.279 e. The molecule has 0 fully saturated rings. The number of non-ortho nitro benzene ring substituents is 1. The monoisotopic (exact) mass is 411 g/mol. The van der Waals surface area contributed by atoms with Crippen LogP contribution in [0.4, 0.5) is 11.4 Å². The van der Waals surface area contributed by atoms with Crippen molar-refractivity contribution in [3.05, 3.63) is 82.5 Å². The molecule has 0 bridgehead atoms. The van der Waals surface area contributed by atoms with Crippen molar-refractivity contribution in [2.24, 2.45) is 0 Å². The fraction of sp³-hybridized carbons (Fsp3) is 0.190. The minimum absolute atomic E-state index is 0.0590. The van der Waals surface area contributed by atoms with Gasteiger partial charge in [-0.25, -0.2) is 8.42 Å². The molecule has 0 radical (unpaired) electrons. The summed E-state index contributed by atoms with van der Waals surface area (Å²) >= 11 is 0. The lowest BCUT2D eigenvalue weighted by atomic mass is 9.86. The Morgan fingerprint density at radius 2 is 1.69 bits per heavy atom. The van der Waals surface area contributed by atoms with Gasteiger partial charge in [-0.15, -0.1) is 0 Å². The van der Waals surface area contributed by atoms with Crippen LogP contribution >= 0.6 is 0 Å². The first-order chi connectivity index (χ1) is 13.6. The summed E-state index contributed by atoms with van der Waals surface area (Å²) in [7, 11) is -3.95. The second-order valence-electron chi connectivity index (χ2n) is 7.58. The summed E-state index contributed by atoms with van der Waals surface area (Å²) in [5, 5.41) is 10.8. The summed E-state index contributed by atoms with van der Waals surface area (Å²) in [6.45, 7) is 6.12. The van der Waals surface area contributed by atoms with Crippen molar-refractivity contribution in [2.45, 2.75) is 31.1 Å². The number of nitro benzene ring substituents is 1. The maximum atomic E-state index is 12.9. The predicted molar refractivity (Wildman–Crippen MR) is 112 cm³/mol. The molecule has 8 heteroatoms. The highest BCUT2D eigenvalue weighted by molar-refractivity contribution is 7.92. The van der Waals surface area contributed by atoms with Crippen molar-refractivity contribution < 1.29 is 13.3 Å². The molecule has 0 aliphatic heterocycles. The molecule has 150 valence electrons. The summed E-state index contributed by atoms with van der Waals surface area (Å²) < 4.78 is 28.5. The van der Waals surface area contributed by atoms with Gasteiger partial charge in [0.1, 0.15) is 0 Å². The van der Waals surface area contributed by atoms with Crippen LogP contribution in [0.25, 0.3) is 11.3 Å². The van der Waals surface area contributed by atoms with E-state index in [1.54, 1.807) is 24.4 Å². The quantitative estimate of drug-likeness (QED) is 0.482. The van der Waals surface area contributed by atoms with Crippen LogP contribution in [0.2, 0.25) is 0 Å². The van der Waals surface area contributed by atoms with Crippen molar-refractivity contribution in [3.63, 3.8) is 0 Å². The molecule has 0 saturated heterocycles. The normalized spacial score (nSPS) is 11.8. The first-order valence-electron chi connectivity index (χ1n) is 8.91. The van der Waals surface area contributed by atoms with E-state index in [0.717, 1.165) is 5.56 Å². The molecule has 7 nitrogen and oxygen atoms in total. The Balaban J connectivity index is 2.07. The van der Waals surface area contributed by atoms with Gasteiger partial charge in [0.05, 0.1) is 21.2 Å². The summed E-state index contributed by atoms with van der Waals surface area (Å²) in [5.74, 6) is 0. The lowest BCUT2D eigenvalue weighted by molar-refractivity contribution is -0.384. The van der Waals surface area contributed by atoms with Crippen LogP contribution in [0.5, 0.6) is 0 Å². The van der Waals surface area contributed by atoms with Gasteiger partial charge >= 0.3 is 0 Å². The third-order valence-corrected chi connectivity index (χ3v) is 5.81. The van der Waals surface area contributed by atoms with Gasteiger partial charge in [0.25, 0.3) is 15.7 Å². The maximum absolute atomic E-state index is 12.9. The van der Waals surface area contributed by atoms with Crippen LogP contribution in [0.15, 0.2) is 71.8 Å². The van der Waals surface area contributed by atoms with E-state index in [2.05, 4.69) is 9.71 Å². The summed E-state index contributed by atoms with van der Waals surface area (Å²) in [5.41, 5.74) is 2.27. The number of nitrogens with zero attached hydrogens (tertiary/aromatic N) is 2. The molecule has 1 N–H and O–H groups in total. The Morgan fingerprint density at radius 3 is 2.24 bits per heavy atom. The summed E-state index contributed by atoms with van der Waals surface area (Å²) in [6.07, 6.45) is 1.64. The molecule has 29 heavy (non-hydrogen) atoms. The molecule has 0 unspecified atom stereocenters. The zero-order valence-electron chi connectivity index (χ0n) is 16.3. The molecule has 0 atom stereocenters. The molecule has 1 aromatic heterocycles. The Labute approximate surface area is 169 Å². The van der Waals surface area contributed by atoms with Crippen LogP contribution in [0, 0.1) is 10.1 Å². The average Bonchev–Trinajstić information content (AvgIpc) is 2.67. The zero-order valence-corrected chi connectivity index (χ0v) is 17.1. The number of benzene rings is 2. The smallest absolute Gasteiger partial charge is 0.269 e. The van der Waals surface area contributed by atoms with Crippen molar-refractivity contribution >= 4 is 21.4 Å². The van der Waals surface area contributed by atoms with E-state index in [-0.39, 0.29) is 16.0 Å². The lowest BCUT2D eigenvalue weighted by Gasteiger charge is -2.22. The van der Waals surface area contributed by atoms with Crippen LogP contribution in [-0.2, 0) is 15.4 Å². The molecule has 2 aromatic carbocycles. The van der Waals surface area contributed by atoms with Gasteiger partial charge in [-0.3, -0.25) is 19.8 Å². The second kappa shape index (κ2) is 7.63. The number of pyridine rings is 1.